The van der Waals surface area contributed by atoms with E-state index in [1.807, 2.05) is 0 Å². The molecule has 3 nitrogen and oxygen atoms in total. The van der Waals surface area contributed by atoms with Gasteiger partial charge in [0.2, 0.25) is 0 Å². The summed E-state index contributed by atoms with van der Waals surface area (Å²) in [6.07, 6.45) is 1.08. The zero-order chi connectivity index (χ0) is 11.0. The second-order valence-corrected chi connectivity index (χ2v) is 4.63. The maximum Gasteiger partial charge on any atom is 0.0785 e. The number of fused-ring (bicyclic) bond motifs is 1. The highest BCUT2D eigenvalue weighted by atomic mass is 15.3. The number of hydrogen-bond donors (Lipinski definition) is 2. The molecule has 0 radical (unpaired) electrons. The van der Waals surface area contributed by atoms with E-state index in [0.29, 0.717) is 12.0 Å². The average molecular weight is 215 g/mol. The van der Waals surface area contributed by atoms with E-state index in [2.05, 4.69) is 47.0 Å². The Morgan fingerprint density at radius 1 is 1.31 bits per heavy atom. The van der Waals surface area contributed by atoms with Crippen LogP contribution in [0.3, 0.4) is 0 Å². The Morgan fingerprint density at radius 2 is 2.19 bits per heavy atom. The van der Waals surface area contributed by atoms with Gasteiger partial charge in [0, 0.05) is 31.1 Å². The highest BCUT2D eigenvalue weighted by Gasteiger charge is 2.34. The molecule has 2 aliphatic heterocycles. The SMILES string of the molecule is Cc1ccccc1C1NN=C2CCNCC21. The number of aryl methyl sites for hydroxylation is 1. The van der Waals surface area contributed by atoms with E-state index in [1.54, 1.807) is 0 Å². The summed E-state index contributed by atoms with van der Waals surface area (Å²) in [6.45, 7) is 4.29. The molecule has 2 heterocycles. The average Bonchev–Trinajstić information content (AvgIpc) is 2.74. The maximum atomic E-state index is 4.48. The first-order valence-corrected chi connectivity index (χ1v) is 5.94. The number of nitrogens with one attached hydrogen (secondary N) is 2. The number of nitrogens with zero attached hydrogens (tertiary/aromatic N) is 1. The van der Waals surface area contributed by atoms with Crippen molar-refractivity contribution in [2.45, 2.75) is 19.4 Å². The van der Waals surface area contributed by atoms with Crippen LogP contribution in [0.15, 0.2) is 29.4 Å². The van der Waals surface area contributed by atoms with Crippen LogP contribution in [-0.4, -0.2) is 18.8 Å². The highest BCUT2D eigenvalue weighted by Crippen LogP contribution is 2.31. The first-order chi connectivity index (χ1) is 7.86. The zero-order valence-corrected chi connectivity index (χ0v) is 9.53. The van der Waals surface area contributed by atoms with Crippen molar-refractivity contribution >= 4 is 5.71 Å². The molecule has 2 atom stereocenters. The Morgan fingerprint density at radius 3 is 3.06 bits per heavy atom. The number of hydrazone groups is 1. The number of hydrogen-bond acceptors (Lipinski definition) is 3. The molecule has 2 aliphatic rings. The van der Waals surface area contributed by atoms with Crippen molar-refractivity contribution in [2.24, 2.45) is 11.0 Å². The highest BCUT2D eigenvalue weighted by molar-refractivity contribution is 5.89. The van der Waals surface area contributed by atoms with Gasteiger partial charge in [0.05, 0.1) is 6.04 Å². The van der Waals surface area contributed by atoms with Crippen LogP contribution in [0, 0.1) is 12.8 Å². The van der Waals surface area contributed by atoms with E-state index in [-0.39, 0.29) is 0 Å². The van der Waals surface area contributed by atoms with Crippen LogP contribution in [-0.2, 0) is 0 Å². The first kappa shape index (κ1) is 9.85. The third-order valence-corrected chi connectivity index (χ3v) is 3.62. The summed E-state index contributed by atoms with van der Waals surface area (Å²) in [5.74, 6) is 0.537. The number of rotatable bonds is 1. The van der Waals surface area contributed by atoms with Crippen molar-refractivity contribution < 1.29 is 0 Å². The van der Waals surface area contributed by atoms with E-state index >= 15 is 0 Å². The first-order valence-electron chi connectivity index (χ1n) is 5.94. The van der Waals surface area contributed by atoms with Crippen molar-refractivity contribution in [3.8, 4) is 0 Å². The van der Waals surface area contributed by atoms with E-state index in [0.717, 1.165) is 19.5 Å². The van der Waals surface area contributed by atoms with Gasteiger partial charge in [-0.05, 0) is 18.1 Å². The molecule has 2 unspecified atom stereocenters. The molecule has 0 amide bonds. The van der Waals surface area contributed by atoms with Gasteiger partial charge in [0.15, 0.2) is 0 Å². The van der Waals surface area contributed by atoms with Crippen LogP contribution in [0.1, 0.15) is 23.6 Å². The molecule has 3 rings (SSSR count). The molecule has 1 saturated heterocycles. The molecule has 2 N–H and O–H groups in total. The maximum absolute atomic E-state index is 4.48. The fourth-order valence-corrected chi connectivity index (χ4v) is 2.69. The van der Waals surface area contributed by atoms with Crippen LogP contribution < -0.4 is 10.7 Å². The third-order valence-electron chi connectivity index (χ3n) is 3.62. The lowest BCUT2D eigenvalue weighted by molar-refractivity contribution is 0.449. The fourth-order valence-electron chi connectivity index (χ4n) is 2.69. The van der Waals surface area contributed by atoms with Crippen LogP contribution in [0.25, 0.3) is 0 Å². The molecule has 1 fully saturated rings. The van der Waals surface area contributed by atoms with Gasteiger partial charge in [-0.3, -0.25) is 0 Å². The van der Waals surface area contributed by atoms with Crippen LogP contribution in [0.4, 0.5) is 0 Å². The van der Waals surface area contributed by atoms with Crippen molar-refractivity contribution in [1.82, 2.24) is 10.7 Å². The summed E-state index contributed by atoms with van der Waals surface area (Å²) in [7, 11) is 0. The summed E-state index contributed by atoms with van der Waals surface area (Å²) in [5.41, 5.74) is 7.38. The van der Waals surface area contributed by atoms with Crippen LogP contribution in [0.2, 0.25) is 0 Å². The zero-order valence-electron chi connectivity index (χ0n) is 9.53. The lowest BCUT2D eigenvalue weighted by Crippen LogP contribution is -2.38. The molecule has 0 spiro atoms. The van der Waals surface area contributed by atoms with Crippen molar-refractivity contribution in [2.75, 3.05) is 13.1 Å². The predicted octanol–water partition coefficient (Wildman–Crippen LogP) is 1.60. The molecular weight excluding hydrogens is 198 g/mol. The fraction of sp³-hybridized carbons (Fsp3) is 0.462. The topological polar surface area (TPSA) is 36.4 Å². The number of benzene rings is 1. The minimum absolute atomic E-state index is 0.365. The summed E-state index contributed by atoms with van der Waals surface area (Å²) in [5, 5.41) is 7.94. The summed E-state index contributed by atoms with van der Waals surface area (Å²) in [4.78, 5) is 0. The van der Waals surface area contributed by atoms with Crippen molar-refractivity contribution in [3.63, 3.8) is 0 Å². The van der Waals surface area contributed by atoms with Crippen LogP contribution in [0.5, 0.6) is 0 Å². The molecule has 3 heteroatoms. The van der Waals surface area contributed by atoms with E-state index < -0.39 is 0 Å². The molecule has 0 aromatic heterocycles. The molecule has 16 heavy (non-hydrogen) atoms. The molecule has 0 saturated carbocycles. The minimum Gasteiger partial charge on any atom is -0.316 e. The Bertz CT molecular complexity index is 425. The van der Waals surface area contributed by atoms with E-state index in [4.69, 9.17) is 0 Å². The summed E-state index contributed by atoms with van der Waals surface area (Å²) < 4.78 is 0. The Kier molecular flexibility index (Phi) is 2.40. The molecule has 84 valence electrons. The van der Waals surface area contributed by atoms with Gasteiger partial charge in [0.1, 0.15) is 0 Å². The van der Waals surface area contributed by atoms with Crippen molar-refractivity contribution in [1.29, 1.82) is 0 Å². The van der Waals surface area contributed by atoms with Gasteiger partial charge in [0.25, 0.3) is 0 Å². The summed E-state index contributed by atoms with van der Waals surface area (Å²) in [6, 6.07) is 8.95. The van der Waals surface area contributed by atoms with Gasteiger partial charge in [-0.1, -0.05) is 24.3 Å². The monoisotopic (exact) mass is 215 g/mol. The second-order valence-electron chi connectivity index (χ2n) is 4.63. The standard InChI is InChI=1S/C13H17N3/c1-9-4-2-3-5-10(9)13-11-8-14-7-6-12(11)15-16-13/h2-5,11,13-14,16H,6-8H2,1H3. The van der Waals surface area contributed by atoms with Crippen molar-refractivity contribution in [3.05, 3.63) is 35.4 Å². The normalized spacial score (nSPS) is 28.2. The van der Waals surface area contributed by atoms with Gasteiger partial charge in [-0.2, -0.15) is 5.10 Å². The minimum atomic E-state index is 0.365. The van der Waals surface area contributed by atoms with Gasteiger partial charge in [-0.15, -0.1) is 0 Å². The molecule has 0 bridgehead atoms. The molecular formula is C13H17N3. The van der Waals surface area contributed by atoms with E-state index in [1.165, 1.54) is 16.8 Å². The largest absolute Gasteiger partial charge is 0.316 e. The lowest BCUT2D eigenvalue weighted by atomic mass is 9.86. The predicted molar refractivity (Wildman–Crippen MR) is 65.5 cm³/mol. The third kappa shape index (κ3) is 1.52. The van der Waals surface area contributed by atoms with E-state index in [9.17, 15) is 0 Å². The second kappa shape index (κ2) is 3.91. The Labute approximate surface area is 95.9 Å². The quantitative estimate of drug-likeness (QED) is 0.746. The van der Waals surface area contributed by atoms with Gasteiger partial charge < -0.3 is 10.7 Å². The smallest absolute Gasteiger partial charge is 0.0785 e. The Hall–Kier alpha value is -1.35. The van der Waals surface area contributed by atoms with Crippen LogP contribution >= 0.6 is 0 Å². The lowest BCUT2D eigenvalue weighted by Gasteiger charge is -2.26. The van der Waals surface area contributed by atoms with Gasteiger partial charge in [-0.25, -0.2) is 0 Å². The molecule has 0 aliphatic carbocycles. The Balaban J connectivity index is 1.90. The number of piperidine rings is 1. The molecule has 1 aromatic carbocycles. The van der Waals surface area contributed by atoms with Gasteiger partial charge >= 0.3 is 0 Å². The molecule has 1 aromatic rings. The summed E-state index contributed by atoms with van der Waals surface area (Å²) >= 11 is 0.